The highest BCUT2D eigenvalue weighted by atomic mass is 16.5. The summed E-state index contributed by atoms with van der Waals surface area (Å²) in [6.45, 7) is 2.51. The van der Waals surface area contributed by atoms with Crippen LogP contribution in [0.3, 0.4) is 0 Å². The lowest BCUT2D eigenvalue weighted by molar-refractivity contribution is -0.149. The SMILES string of the molecule is Cc1ccc(OCCC2(C(=O)O)CCCC2)cc1. The van der Waals surface area contributed by atoms with Gasteiger partial charge in [0, 0.05) is 0 Å². The van der Waals surface area contributed by atoms with Crippen LogP contribution in [0.25, 0.3) is 0 Å². The Labute approximate surface area is 108 Å². The molecule has 1 N–H and O–H groups in total. The Hall–Kier alpha value is -1.51. The van der Waals surface area contributed by atoms with E-state index in [4.69, 9.17) is 4.74 Å². The van der Waals surface area contributed by atoms with E-state index in [1.165, 1.54) is 5.56 Å². The van der Waals surface area contributed by atoms with Crippen LogP contribution in [0.1, 0.15) is 37.7 Å². The molecule has 3 nitrogen and oxygen atoms in total. The molecule has 0 amide bonds. The number of aliphatic carboxylic acids is 1. The number of carboxylic acids is 1. The van der Waals surface area contributed by atoms with Crippen molar-refractivity contribution in [2.45, 2.75) is 39.0 Å². The van der Waals surface area contributed by atoms with Gasteiger partial charge in [-0.1, -0.05) is 30.5 Å². The topological polar surface area (TPSA) is 46.5 Å². The van der Waals surface area contributed by atoms with Crippen LogP contribution in [-0.4, -0.2) is 17.7 Å². The van der Waals surface area contributed by atoms with Gasteiger partial charge in [-0.15, -0.1) is 0 Å². The summed E-state index contributed by atoms with van der Waals surface area (Å²) in [4.78, 5) is 11.4. The second-order valence-corrected chi connectivity index (χ2v) is 5.20. The van der Waals surface area contributed by atoms with E-state index < -0.39 is 11.4 Å². The first-order valence-electron chi connectivity index (χ1n) is 6.55. The van der Waals surface area contributed by atoms with Gasteiger partial charge in [-0.3, -0.25) is 4.79 Å². The molecule has 0 radical (unpaired) electrons. The molecule has 98 valence electrons. The molecule has 0 spiro atoms. The fourth-order valence-electron chi connectivity index (χ4n) is 2.62. The molecule has 18 heavy (non-hydrogen) atoms. The molecule has 1 saturated carbocycles. The third-order valence-electron chi connectivity index (χ3n) is 3.88. The maximum Gasteiger partial charge on any atom is 0.309 e. The summed E-state index contributed by atoms with van der Waals surface area (Å²) in [6.07, 6.45) is 4.24. The number of hydrogen-bond acceptors (Lipinski definition) is 2. The van der Waals surface area contributed by atoms with Crippen LogP contribution in [0.2, 0.25) is 0 Å². The molecule has 1 aromatic carbocycles. The van der Waals surface area contributed by atoms with Crippen molar-refractivity contribution < 1.29 is 14.6 Å². The lowest BCUT2D eigenvalue weighted by atomic mass is 9.83. The van der Waals surface area contributed by atoms with Crippen LogP contribution in [0, 0.1) is 12.3 Å². The average Bonchev–Trinajstić information content (AvgIpc) is 2.82. The van der Waals surface area contributed by atoms with Crippen LogP contribution >= 0.6 is 0 Å². The third-order valence-corrected chi connectivity index (χ3v) is 3.88. The first kappa shape index (κ1) is 12.9. The van der Waals surface area contributed by atoms with E-state index in [0.29, 0.717) is 13.0 Å². The van der Waals surface area contributed by atoms with E-state index in [2.05, 4.69) is 0 Å². The van der Waals surface area contributed by atoms with Gasteiger partial charge in [0.05, 0.1) is 12.0 Å². The highest BCUT2D eigenvalue weighted by molar-refractivity contribution is 5.74. The molecule has 0 bridgehead atoms. The van der Waals surface area contributed by atoms with Gasteiger partial charge < -0.3 is 9.84 Å². The Morgan fingerprint density at radius 3 is 2.44 bits per heavy atom. The van der Waals surface area contributed by atoms with Crippen LogP contribution in [-0.2, 0) is 4.79 Å². The van der Waals surface area contributed by atoms with E-state index in [-0.39, 0.29) is 0 Å². The van der Waals surface area contributed by atoms with Crippen LogP contribution in [0.4, 0.5) is 0 Å². The molecule has 3 heteroatoms. The molecule has 1 aliphatic rings. The molecule has 0 saturated heterocycles. The molecule has 0 atom stereocenters. The van der Waals surface area contributed by atoms with E-state index in [0.717, 1.165) is 31.4 Å². The maximum absolute atomic E-state index is 11.4. The molecular weight excluding hydrogens is 228 g/mol. The molecule has 1 aromatic rings. The van der Waals surface area contributed by atoms with Gasteiger partial charge in [0.25, 0.3) is 0 Å². The first-order valence-corrected chi connectivity index (χ1v) is 6.55. The second kappa shape index (κ2) is 5.42. The monoisotopic (exact) mass is 248 g/mol. The highest BCUT2D eigenvalue weighted by Gasteiger charge is 2.40. The number of carboxylic acid groups (broad SMARTS) is 1. The zero-order valence-corrected chi connectivity index (χ0v) is 10.8. The van der Waals surface area contributed by atoms with Gasteiger partial charge in [0.15, 0.2) is 0 Å². The van der Waals surface area contributed by atoms with Gasteiger partial charge in [0.1, 0.15) is 5.75 Å². The maximum atomic E-state index is 11.4. The van der Waals surface area contributed by atoms with Gasteiger partial charge >= 0.3 is 5.97 Å². The summed E-state index contributed by atoms with van der Waals surface area (Å²) in [5.41, 5.74) is 0.658. The largest absolute Gasteiger partial charge is 0.494 e. The zero-order chi connectivity index (χ0) is 13.0. The summed E-state index contributed by atoms with van der Waals surface area (Å²) < 4.78 is 5.63. The van der Waals surface area contributed by atoms with Crippen molar-refractivity contribution in [1.82, 2.24) is 0 Å². The summed E-state index contributed by atoms with van der Waals surface area (Å²) >= 11 is 0. The minimum Gasteiger partial charge on any atom is -0.494 e. The number of benzene rings is 1. The second-order valence-electron chi connectivity index (χ2n) is 5.20. The normalized spacial score (nSPS) is 17.6. The Morgan fingerprint density at radius 2 is 1.89 bits per heavy atom. The van der Waals surface area contributed by atoms with Crippen molar-refractivity contribution in [2.24, 2.45) is 5.41 Å². The fraction of sp³-hybridized carbons (Fsp3) is 0.533. The lowest BCUT2D eigenvalue weighted by Crippen LogP contribution is -2.29. The molecule has 0 heterocycles. The van der Waals surface area contributed by atoms with Crippen molar-refractivity contribution in [3.8, 4) is 5.75 Å². The van der Waals surface area contributed by atoms with Crippen LogP contribution in [0.5, 0.6) is 5.75 Å². The summed E-state index contributed by atoms with van der Waals surface area (Å²) in [7, 11) is 0. The van der Waals surface area contributed by atoms with E-state index in [1.54, 1.807) is 0 Å². The molecule has 1 fully saturated rings. The van der Waals surface area contributed by atoms with Crippen molar-refractivity contribution >= 4 is 5.97 Å². The van der Waals surface area contributed by atoms with Gasteiger partial charge in [-0.05, 0) is 38.3 Å². The predicted molar refractivity (Wildman–Crippen MR) is 69.8 cm³/mol. The molecule has 2 rings (SSSR count). The molecule has 0 aromatic heterocycles. The average molecular weight is 248 g/mol. The summed E-state index contributed by atoms with van der Waals surface area (Å²) in [6, 6.07) is 7.85. The number of ether oxygens (including phenoxy) is 1. The number of hydrogen-bond donors (Lipinski definition) is 1. The quantitative estimate of drug-likeness (QED) is 0.868. The summed E-state index contributed by atoms with van der Waals surface area (Å²) in [5, 5.41) is 9.34. The first-order chi connectivity index (χ1) is 8.62. The summed E-state index contributed by atoms with van der Waals surface area (Å²) in [5.74, 6) is 0.159. The smallest absolute Gasteiger partial charge is 0.309 e. The van der Waals surface area contributed by atoms with Gasteiger partial charge in [-0.2, -0.15) is 0 Å². The van der Waals surface area contributed by atoms with Crippen LogP contribution < -0.4 is 4.74 Å². The van der Waals surface area contributed by atoms with Crippen molar-refractivity contribution in [2.75, 3.05) is 6.61 Å². The van der Waals surface area contributed by atoms with Crippen molar-refractivity contribution in [3.05, 3.63) is 29.8 Å². The van der Waals surface area contributed by atoms with Gasteiger partial charge in [-0.25, -0.2) is 0 Å². The molecule has 0 aliphatic heterocycles. The predicted octanol–water partition coefficient (Wildman–Crippen LogP) is 3.41. The van der Waals surface area contributed by atoms with Crippen molar-refractivity contribution in [1.29, 1.82) is 0 Å². The molecule has 1 aliphatic carbocycles. The lowest BCUT2D eigenvalue weighted by Gasteiger charge is -2.23. The standard InChI is InChI=1S/C15H20O3/c1-12-4-6-13(7-5-12)18-11-10-15(14(16)17)8-2-3-9-15/h4-7H,2-3,8-11H2,1H3,(H,16,17). The number of carbonyl (C=O) groups is 1. The molecule has 0 unspecified atom stereocenters. The van der Waals surface area contributed by atoms with Gasteiger partial charge in [0.2, 0.25) is 0 Å². The number of rotatable bonds is 5. The van der Waals surface area contributed by atoms with E-state index >= 15 is 0 Å². The van der Waals surface area contributed by atoms with E-state index in [1.807, 2.05) is 31.2 Å². The zero-order valence-electron chi connectivity index (χ0n) is 10.8. The van der Waals surface area contributed by atoms with Crippen molar-refractivity contribution in [3.63, 3.8) is 0 Å². The minimum atomic E-state index is -0.660. The molecular formula is C15H20O3. The Bertz CT molecular complexity index is 402. The minimum absolute atomic E-state index is 0.482. The van der Waals surface area contributed by atoms with Crippen LogP contribution in [0.15, 0.2) is 24.3 Å². The fourth-order valence-corrected chi connectivity index (χ4v) is 2.62. The van der Waals surface area contributed by atoms with E-state index in [9.17, 15) is 9.90 Å². The Balaban J connectivity index is 1.87. The Kier molecular flexibility index (Phi) is 3.90. The number of aryl methyl sites for hydroxylation is 1. The highest BCUT2D eigenvalue weighted by Crippen LogP contribution is 2.41. The third kappa shape index (κ3) is 2.84. The Morgan fingerprint density at radius 1 is 1.28 bits per heavy atom.